The summed E-state index contributed by atoms with van der Waals surface area (Å²) in [6.07, 6.45) is 6.64. The second-order valence-electron chi connectivity index (χ2n) is 9.85. The molecule has 38 heavy (non-hydrogen) atoms. The zero-order valence-electron chi connectivity index (χ0n) is 22.2. The number of likely N-dealkylation sites (N-methyl/N-ethyl adjacent to an activating group) is 1. The first kappa shape index (κ1) is 25.7. The molecule has 5 rings (SSSR count). The summed E-state index contributed by atoms with van der Waals surface area (Å²) >= 11 is 0. The Kier molecular flexibility index (Phi) is 7.59. The average Bonchev–Trinajstić information content (AvgIpc) is 3.38. The number of anilines is 2. The molecule has 2 aromatic carbocycles. The number of piperidine rings is 1. The zero-order valence-corrected chi connectivity index (χ0v) is 22.2. The van der Waals surface area contributed by atoms with Crippen LogP contribution in [0.25, 0.3) is 11.0 Å². The molecule has 0 spiro atoms. The molecule has 0 saturated carbocycles. The second kappa shape index (κ2) is 11.2. The van der Waals surface area contributed by atoms with E-state index >= 15 is 0 Å². The highest BCUT2D eigenvalue weighted by Gasteiger charge is 2.27. The van der Waals surface area contributed by atoms with E-state index in [0.29, 0.717) is 24.6 Å². The van der Waals surface area contributed by atoms with Gasteiger partial charge in [0.1, 0.15) is 11.5 Å². The highest BCUT2D eigenvalue weighted by atomic mass is 16.5. The van der Waals surface area contributed by atoms with Crippen molar-refractivity contribution in [1.29, 1.82) is 0 Å². The van der Waals surface area contributed by atoms with Gasteiger partial charge >= 0.3 is 0 Å². The predicted octanol–water partition coefficient (Wildman–Crippen LogP) is 3.14. The van der Waals surface area contributed by atoms with Crippen molar-refractivity contribution in [1.82, 2.24) is 19.9 Å². The van der Waals surface area contributed by atoms with E-state index in [1.165, 1.54) is 0 Å². The number of methoxy groups -OCH3 is 2. The molecule has 10 heteroatoms. The molecule has 3 aromatic rings. The molecule has 3 heterocycles. The van der Waals surface area contributed by atoms with E-state index in [1.807, 2.05) is 48.7 Å². The first-order chi connectivity index (χ1) is 18.4. The molecule has 2 atom stereocenters. The summed E-state index contributed by atoms with van der Waals surface area (Å²) in [6.45, 7) is 2.96. The largest absolute Gasteiger partial charge is 0.497 e. The van der Waals surface area contributed by atoms with Crippen LogP contribution in [0.1, 0.15) is 30.9 Å². The number of likely N-dealkylation sites (tertiary alicyclic amines) is 1. The molecule has 1 amide bonds. The van der Waals surface area contributed by atoms with Crippen molar-refractivity contribution in [2.45, 2.75) is 31.2 Å². The quantitative estimate of drug-likeness (QED) is 0.461. The van der Waals surface area contributed by atoms with Crippen molar-refractivity contribution >= 4 is 34.5 Å². The topological polar surface area (TPSA) is 109 Å². The first-order valence-electron chi connectivity index (χ1n) is 13.0. The van der Waals surface area contributed by atoms with E-state index in [9.17, 15) is 4.79 Å². The van der Waals surface area contributed by atoms with E-state index in [0.717, 1.165) is 60.5 Å². The Hall–Kier alpha value is -3.92. The van der Waals surface area contributed by atoms with Crippen LogP contribution < -0.4 is 20.1 Å². The molecule has 1 aromatic heterocycles. The van der Waals surface area contributed by atoms with Gasteiger partial charge in [-0.05, 0) is 37.6 Å². The fourth-order valence-electron chi connectivity index (χ4n) is 5.27. The van der Waals surface area contributed by atoms with Crippen molar-refractivity contribution in [2.24, 2.45) is 10.8 Å². The predicted molar refractivity (Wildman–Crippen MR) is 148 cm³/mol. The summed E-state index contributed by atoms with van der Waals surface area (Å²) in [5.74, 6) is 1.26. The molecule has 0 radical (unpaired) electrons. The molecule has 2 aliphatic rings. The number of benzene rings is 2. The lowest BCUT2D eigenvalue weighted by Crippen LogP contribution is -2.49. The minimum atomic E-state index is -0.256. The molecule has 200 valence electrons. The van der Waals surface area contributed by atoms with Gasteiger partial charge in [0, 0.05) is 68.7 Å². The van der Waals surface area contributed by atoms with E-state index in [-0.39, 0.29) is 17.9 Å². The van der Waals surface area contributed by atoms with Crippen LogP contribution in [0.4, 0.5) is 11.4 Å². The fourth-order valence-corrected chi connectivity index (χ4v) is 5.27. The number of ether oxygens (including phenoxy) is 2. The number of hydrogen-bond donors (Lipinski definition) is 1. The summed E-state index contributed by atoms with van der Waals surface area (Å²) in [4.78, 5) is 26.2. The Bertz CT molecular complexity index is 1310. The van der Waals surface area contributed by atoms with Gasteiger partial charge < -0.3 is 20.1 Å². The average molecular weight is 518 g/mol. The minimum Gasteiger partial charge on any atom is -0.497 e. The third kappa shape index (κ3) is 5.50. The molecule has 10 nitrogen and oxygen atoms in total. The normalized spacial score (nSPS) is 19.6. The van der Waals surface area contributed by atoms with Gasteiger partial charge in [0.15, 0.2) is 0 Å². The van der Waals surface area contributed by atoms with Gasteiger partial charge in [-0.3, -0.25) is 19.7 Å². The number of aromatic nitrogens is 2. The maximum atomic E-state index is 12.1. The number of nitrogens with zero attached hydrogens (tertiary/aromatic N) is 6. The van der Waals surface area contributed by atoms with Crippen LogP contribution in [0.2, 0.25) is 0 Å². The van der Waals surface area contributed by atoms with Crippen molar-refractivity contribution in [2.75, 3.05) is 52.3 Å². The lowest BCUT2D eigenvalue weighted by molar-refractivity contribution is -0.124. The maximum absolute atomic E-state index is 12.1. The summed E-state index contributed by atoms with van der Waals surface area (Å²) in [7, 11) is 5.24. The Labute approximate surface area is 223 Å². The molecule has 0 bridgehead atoms. The van der Waals surface area contributed by atoms with Gasteiger partial charge in [0.25, 0.3) is 0 Å². The highest BCUT2D eigenvalue weighted by molar-refractivity contribution is 5.82. The number of carbonyl (C=O) groups is 1. The van der Waals surface area contributed by atoms with Crippen molar-refractivity contribution in [3.05, 3.63) is 48.3 Å². The molecule has 2 aliphatic heterocycles. The van der Waals surface area contributed by atoms with Crippen LogP contribution in [-0.2, 0) is 4.79 Å². The SMILES string of the molecule is COc1cc(OC)cc(N(CCN2CCCCC2C(N)=O)c2ccc3ncc(C4C=NN(C)C4)nc3c2)c1. The fraction of sp³-hybridized carbons (Fsp3) is 0.429. The number of rotatable bonds is 9. The van der Waals surface area contributed by atoms with Gasteiger partial charge in [-0.1, -0.05) is 6.42 Å². The van der Waals surface area contributed by atoms with E-state index < -0.39 is 0 Å². The smallest absolute Gasteiger partial charge is 0.234 e. The molecule has 0 aliphatic carbocycles. The Morgan fingerprint density at radius 1 is 1.08 bits per heavy atom. The number of hydrazone groups is 1. The third-order valence-corrected chi connectivity index (χ3v) is 7.34. The summed E-state index contributed by atoms with van der Waals surface area (Å²) in [6, 6.07) is 11.7. The second-order valence-corrected chi connectivity index (χ2v) is 9.85. The van der Waals surface area contributed by atoms with E-state index in [1.54, 1.807) is 14.2 Å². The highest BCUT2D eigenvalue weighted by Crippen LogP contribution is 2.34. The number of hydrogen-bond acceptors (Lipinski definition) is 9. The van der Waals surface area contributed by atoms with Gasteiger partial charge in [0.05, 0.1) is 42.9 Å². The molecule has 1 fully saturated rings. The molecule has 2 N–H and O–H groups in total. The lowest BCUT2D eigenvalue weighted by atomic mass is 10.0. The van der Waals surface area contributed by atoms with Crippen LogP contribution >= 0.6 is 0 Å². The van der Waals surface area contributed by atoms with Gasteiger partial charge in [-0.25, -0.2) is 4.98 Å². The Morgan fingerprint density at radius 3 is 2.55 bits per heavy atom. The third-order valence-electron chi connectivity index (χ3n) is 7.34. The van der Waals surface area contributed by atoms with Gasteiger partial charge in [-0.2, -0.15) is 5.10 Å². The molecule has 1 saturated heterocycles. The van der Waals surface area contributed by atoms with Crippen molar-refractivity contribution < 1.29 is 14.3 Å². The monoisotopic (exact) mass is 517 g/mol. The van der Waals surface area contributed by atoms with Crippen LogP contribution in [0.5, 0.6) is 11.5 Å². The first-order valence-corrected chi connectivity index (χ1v) is 13.0. The summed E-state index contributed by atoms with van der Waals surface area (Å²) in [5.41, 5.74) is 10.2. The van der Waals surface area contributed by atoms with Crippen molar-refractivity contribution in [3.8, 4) is 11.5 Å². The lowest BCUT2D eigenvalue weighted by Gasteiger charge is -2.36. The van der Waals surface area contributed by atoms with Crippen LogP contribution in [0.3, 0.4) is 0 Å². The van der Waals surface area contributed by atoms with Crippen molar-refractivity contribution in [3.63, 3.8) is 0 Å². The summed E-state index contributed by atoms with van der Waals surface area (Å²) < 4.78 is 11.1. The van der Waals surface area contributed by atoms with E-state index in [4.69, 9.17) is 20.2 Å². The number of primary amides is 1. The maximum Gasteiger partial charge on any atom is 0.234 e. The number of nitrogens with two attached hydrogens (primary N) is 1. The standard InChI is InChI=1S/C28H35N7O3/c1-33-18-19(16-31-33)26-17-30-24-8-7-20(14-25(24)32-26)35(21-12-22(37-2)15-23(13-21)38-3)11-10-34-9-5-4-6-27(34)28(29)36/h7-8,12-17,19,27H,4-6,9-11,18H2,1-3H3,(H2,29,36). The zero-order chi connectivity index (χ0) is 26.6. The molecular formula is C28H35N7O3. The Balaban J connectivity index is 1.51. The minimum absolute atomic E-state index is 0.115. The van der Waals surface area contributed by atoms with Gasteiger partial charge in [0.2, 0.25) is 5.91 Å². The van der Waals surface area contributed by atoms with E-state index in [2.05, 4.69) is 32.0 Å². The number of carbonyl (C=O) groups excluding carboxylic acids is 1. The van der Waals surface area contributed by atoms with Crippen LogP contribution in [-0.4, -0.2) is 85.5 Å². The molecule has 2 unspecified atom stereocenters. The number of fused-ring (bicyclic) bond motifs is 1. The van der Waals surface area contributed by atoms with Crippen LogP contribution in [0, 0.1) is 0 Å². The van der Waals surface area contributed by atoms with Crippen LogP contribution in [0.15, 0.2) is 47.7 Å². The molecular weight excluding hydrogens is 482 g/mol. The number of amides is 1. The Morgan fingerprint density at radius 2 is 1.87 bits per heavy atom. The summed E-state index contributed by atoms with van der Waals surface area (Å²) in [5, 5.41) is 6.26. The van der Waals surface area contributed by atoms with Gasteiger partial charge in [-0.15, -0.1) is 0 Å².